The Morgan fingerprint density at radius 3 is 2.24 bits per heavy atom. The topological polar surface area (TPSA) is 46.6 Å². The van der Waals surface area contributed by atoms with Gasteiger partial charge in [0.05, 0.1) is 5.92 Å². The van der Waals surface area contributed by atoms with E-state index in [0.29, 0.717) is 23.7 Å². The van der Waals surface area contributed by atoms with Crippen molar-refractivity contribution >= 4 is 23.5 Å². The van der Waals surface area contributed by atoms with Crippen LogP contribution in [0.3, 0.4) is 0 Å². The van der Waals surface area contributed by atoms with E-state index in [1.54, 1.807) is 24.3 Å². The predicted octanol–water partition coefficient (Wildman–Crippen LogP) is 2.90. The van der Waals surface area contributed by atoms with Crippen LogP contribution in [0.25, 0.3) is 0 Å². The highest BCUT2D eigenvalue weighted by atomic mass is 35.5. The van der Waals surface area contributed by atoms with Gasteiger partial charge in [-0.3, -0.25) is 9.59 Å². The Morgan fingerprint density at radius 2 is 1.67 bits per heavy atom. The zero-order chi connectivity index (χ0) is 14.8. The van der Waals surface area contributed by atoms with E-state index in [-0.39, 0.29) is 23.9 Å². The second kappa shape index (κ2) is 6.06. The quantitative estimate of drug-likeness (QED) is 0.807. The second-order valence-corrected chi connectivity index (χ2v) is 6.15. The van der Waals surface area contributed by atoms with E-state index in [9.17, 15) is 9.59 Å². The highest BCUT2D eigenvalue weighted by molar-refractivity contribution is 6.30. The van der Waals surface area contributed by atoms with Crippen molar-refractivity contribution in [1.82, 2.24) is 4.90 Å². The fourth-order valence-electron chi connectivity index (χ4n) is 2.53. The van der Waals surface area contributed by atoms with E-state index in [0.717, 1.165) is 25.7 Å². The summed E-state index contributed by atoms with van der Waals surface area (Å²) in [5.41, 5.74) is 0.646. The molecule has 1 amide bonds. The summed E-state index contributed by atoms with van der Waals surface area (Å²) < 4.78 is 5.47. The van der Waals surface area contributed by atoms with Crippen LogP contribution in [0.15, 0.2) is 24.3 Å². The first-order valence-corrected chi connectivity index (χ1v) is 7.76. The van der Waals surface area contributed by atoms with Gasteiger partial charge in [0.25, 0.3) is 5.91 Å². The molecule has 21 heavy (non-hydrogen) atoms. The zero-order valence-corrected chi connectivity index (χ0v) is 12.5. The third kappa shape index (κ3) is 3.56. The molecule has 0 atom stereocenters. The number of ether oxygens (including phenoxy) is 1. The minimum atomic E-state index is -0.0579. The van der Waals surface area contributed by atoms with Gasteiger partial charge in [-0.1, -0.05) is 11.6 Å². The lowest BCUT2D eigenvalue weighted by Gasteiger charge is -2.31. The first kappa shape index (κ1) is 14.4. The highest BCUT2D eigenvalue weighted by Crippen LogP contribution is 2.31. The monoisotopic (exact) mass is 307 g/mol. The second-order valence-electron chi connectivity index (χ2n) is 5.71. The number of nitrogens with zero attached hydrogens (tertiary/aromatic N) is 1. The largest absolute Gasteiger partial charge is 0.462 e. The fraction of sp³-hybridized carbons (Fsp3) is 0.500. The number of rotatable bonds is 3. The van der Waals surface area contributed by atoms with Crippen molar-refractivity contribution < 1.29 is 14.3 Å². The molecule has 1 aromatic rings. The van der Waals surface area contributed by atoms with Gasteiger partial charge in [0.15, 0.2) is 0 Å². The van der Waals surface area contributed by atoms with Crippen LogP contribution in [-0.4, -0.2) is 36.0 Å². The Bertz CT molecular complexity index is 531. The van der Waals surface area contributed by atoms with Gasteiger partial charge in [-0.25, -0.2) is 0 Å². The van der Waals surface area contributed by atoms with Crippen molar-refractivity contribution in [2.45, 2.75) is 31.8 Å². The highest BCUT2D eigenvalue weighted by Gasteiger charge is 2.34. The lowest BCUT2D eigenvalue weighted by Crippen LogP contribution is -2.41. The normalized spacial score (nSPS) is 19.4. The zero-order valence-electron chi connectivity index (χ0n) is 11.8. The molecule has 0 N–H and O–H groups in total. The molecule has 3 rings (SSSR count). The molecule has 0 unspecified atom stereocenters. The van der Waals surface area contributed by atoms with Crippen molar-refractivity contribution in [2.24, 2.45) is 5.92 Å². The number of halogens is 1. The van der Waals surface area contributed by atoms with Crippen molar-refractivity contribution in [3.8, 4) is 0 Å². The molecule has 0 bridgehead atoms. The summed E-state index contributed by atoms with van der Waals surface area (Å²) in [7, 11) is 0. The summed E-state index contributed by atoms with van der Waals surface area (Å²) in [6, 6.07) is 6.92. The third-order valence-corrected chi connectivity index (χ3v) is 4.27. The molecule has 1 aliphatic carbocycles. The Kier molecular flexibility index (Phi) is 4.15. The predicted molar refractivity (Wildman–Crippen MR) is 79.2 cm³/mol. The molecule has 0 aromatic heterocycles. The minimum absolute atomic E-state index is 0.0126. The van der Waals surface area contributed by atoms with Gasteiger partial charge >= 0.3 is 5.97 Å². The Hall–Kier alpha value is -1.55. The van der Waals surface area contributed by atoms with Crippen molar-refractivity contribution in [2.75, 3.05) is 13.1 Å². The number of hydrogen-bond acceptors (Lipinski definition) is 3. The number of likely N-dealkylation sites (tertiary alicyclic amines) is 1. The third-order valence-electron chi connectivity index (χ3n) is 4.01. The molecule has 1 aromatic carbocycles. The molecule has 1 aliphatic heterocycles. The van der Waals surface area contributed by atoms with Crippen LogP contribution >= 0.6 is 11.6 Å². The van der Waals surface area contributed by atoms with E-state index in [1.807, 2.05) is 4.90 Å². The lowest BCUT2D eigenvalue weighted by atomic mass is 10.1. The first-order valence-electron chi connectivity index (χ1n) is 7.39. The number of benzene rings is 1. The molecule has 5 heteroatoms. The van der Waals surface area contributed by atoms with Crippen LogP contribution in [0.2, 0.25) is 5.02 Å². The summed E-state index contributed by atoms with van der Waals surface area (Å²) in [4.78, 5) is 25.8. The average molecular weight is 308 g/mol. The minimum Gasteiger partial charge on any atom is -0.462 e. The standard InChI is InChI=1S/C16H18ClNO3/c17-13-5-3-11(4-6-13)15(19)18-9-7-14(8-10-18)21-16(20)12-1-2-12/h3-6,12,14H,1-2,7-10H2. The van der Waals surface area contributed by atoms with Gasteiger partial charge in [-0.15, -0.1) is 0 Å². The number of piperidine rings is 1. The molecule has 4 nitrogen and oxygen atoms in total. The molecule has 0 spiro atoms. The van der Waals surface area contributed by atoms with Gasteiger partial charge in [0.1, 0.15) is 6.10 Å². The maximum Gasteiger partial charge on any atom is 0.309 e. The first-order chi connectivity index (χ1) is 10.1. The number of esters is 1. The average Bonchev–Trinajstić information content (AvgIpc) is 3.33. The lowest BCUT2D eigenvalue weighted by molar-refractivity contribution is -0.152. The maximum atomic E-state index is 12.3. The molecule has 2 aliphatic rings. The van der Waals surface area contributed by atoms with Crippen LogP contribution in [0.4, 0.5) is 0 Å². The van der Waals surface area contributed by atoms with Crippen LogP contribution in [0.5, 0.6) is 0 Å². The SMILES string of the molecule is O=C(OC1CCN(C(=O)c2ccc(Cl)cc2)CC1)C1CC1. The van der Waals surface area contributed by atoms with E-state index < -0.39 is 0 Å². The Labute approximate surface area is 129 Å². The Morgan fingerprint density at radius 1 is 1.05 bits per heavy atom. The molecular weight excluding hydrogens is 290 g/mol. The summed E-state index contributed by atoms with van der Waals surface area (Å²) in [5, 5.41) is 0.622. The number of carbonyl (C=O) groups excluding carboxylic acids is 2. The van der Waals surface area contributed by atoms with Crippen LogP contribution in [0, 0.1) is 5.92 Å². The van der Waals surface area contributed by atoms with E-state index in [2.05, 4.69) is 0 Å². The van der Waals surface area contributed by atoms with Gasteiger partial charge in [-0.2, -0.15) is 0 Å². The van der Waals surface area contributed by atoms with Gasteiger partial charge in [0.2, 0.25) is 0 Å². The Balaban J connectivity index is 1.51. The van der Waals surface area contributed by atoms with E-state index in [4.69, 9.17) is 16.3 Å². The molecule has 0 radical (unpaired) electrons. The van der Waals surface area contributed by atoms with Crippen molar-refractivity contribution in [1.29, 1.82) is 0 Å². The van der Waals surface area contributed by atoms with Gasteiger partial charge < -0.3 is 9.64 Å². The maximum absolute atomic E-state index is 12.3. The van der Waals surface area contributed by atoms with Crippen LogP contribution < -0.4 is 0 Å². The van der Waals surface area contributed by atoms with Gasteiger partial charge in [0, 0.05) is 36.5 Å². The summed E-state index contributed by atoms with van der Waals surface area (Å²) in [5.74, 6) is 0.0924. The van der Waals surface area contributed by atoms with E-state index >= 15 is 0 Å². The van der Waals surface area contributed by atoms with Crippen LogP contribution in [0.1, 0.15) is 36.0 Å². The van der Waals surface area contributed by atoms with Gasteiger partial charge in [-0.05, 0) is 37.1 Å². The van der Waals surface area contributed by atoms with Crippen molar-refractivity contribution in [3.63, 3.8) is 0 Å². The molecule has 112 valence electrons. The molecule has 1 heterocycles. The summed E-state index contributed by atoms with van der Waals surface area (Å²) >= 11 is 5.83. The van der Waals surface area contributed by atoms with Crippen LogP contribution in [-0.2, 0) is 9.53 Å². The molecule has 1 saturated heterocycles. The molecule has 2 fully saturated rings. The smallest absolute Gasteiger partial charge is 0.309 e. The summed E-state index contributed by atoms with van der Waals surface area (Å²) in [6.07, 6.45) is 3.34. The van der Waals surface area contributed by atoms with Crippen molar-refractivity contribution in [3.05, 3.63) is 34.9 Å². The van der Waals surface area contributed by atoms with E-state index in [1.165, 1.54) is 0 Å². The number of amides is 1. The summed E-state index contributed by atoms with van der Waals surface area (Å²) in [6.45, 7) is 1.26. The molecule has 1 saturated carbocycles. The molecular formula is C16H18ClNO3. The number of hydrogen-bond donors (Lipinski definition) is 0. The number of carbonyl (C=O) groups is 2. The fourth-order valence-corrected chi connectivity index (χ4v) is 2.66.